The molecule has 1 aromatic rings. The minimum atomic E-state index is 0.603. The van der Waals surface area contributed by atoms with Crippen LogP contribution < -0.4 is 14.8 Å². The summed E-state index contributed by atoms with van der Waals surface area (Å²) in [5.41, 5.74) is 3.76. The molecule has 1 aromatic carbocycles. The molecule has 0 aromatic heterocycles. The molecule has 1 aliphatic heterocycles. The molecule has 1 fully saturated rings. The zero-order chi connectivity index (χ0) is 13.1. The van der Waals surface area contributed by atoms with E-state index in [2.05, 4.69) is 25.2 Å². The van der Waals surface area contributed by atoms with E-state index < -0.39 is 0 Å². The lowest BCUT2D eigenvalue weighted by Gasteiger charge is -2.27. The highest BCUT2D eigenvalue weighted by Crippen LogP contribution is 2.41. The highest BCUT2D eigenvalue weighted by atomic mass is 16.5. The number of aryl methyl sites for hydroxylation is 1. The standard InChI is InChI=1S/C15H23NO2/c1-10-9-13(17-3)11(2)15(18-4)14(10)12-5-7-16-8-6-12/h9,12,16H,5-8H2,1-4H3. The van der Waals surface area contributed by atoms with Gasteiger partial charge in [0, 0.05) is 11.1 Å². The van der Waals surface area contributed by atoms with Crippen LogP contribution in [0.1, 0.15) is 35.4 Å². The van der Waals surface area contributed by atoms with Gasteiger partial charge >= 0.3 is 0 Å². The summed E-state index contributed by atoms with van der Waals surface area (Å²) in [5, 5.41) is 3.41. The van der Waals surface area contributed by atoms with Crippen molar-refractivity contribution < 1.29 is 9.47 Å². The molecule has 0 spiro atoms. The van der Waals surface area contributed by atoms with E-state index in [1.165, 1.54) is 24.0 Å². The number of benzene rings is 1. The number of ether oxygens (including phenoxy) is 2. The van der Waals surface area contributed by atoms with E-state index in [0.717, 1.165) is 30.2 Å². The number of methoxy groups -OCH3 is 2. The van der Waals surface area contributed by atoms with Gasteiger partial charge in [-0.2, -0.15) is 0 Å². The van der Waals surface area contributed by atoms with Crippen LogP contribution in [0.2, 0.25) is 0 Å². The maximum Gasteiger partial charge on any atom is 0.129 e. The summed E-state index contributed by atoms with van der Waals surface area (Å²) in [6, 6.07) is 2.13. The summed E-state index contributed by atoms with van der Waals surface area (Å²) in [7, 11) is 3.47. The predicted octanol–water partition coefficient (Wildman–Crippen LogP) is 2.79. The molecule has 1 N–H and O–H groups in total. The number of hydrogen-bond donors (Lipinski definition) is 1. The summed E-state index contributed by atoms with van der Waals surface area (Å²) < 4.78 is 11.1. The Bertz CT molecular complexity index is 423. The van der Waals surface area contributed by atoms with Gasteiger partial charge in [-0.05, 0) is 57.3 Å². The van der Waals surface area contributed by atoms with Crippen LogP contribution in [0.25, 0.3) is 0 Å². The van der Waals surface area contributed by atoms with Crippen LogP contribution in [0.5, 0.6) is 11.5 Å². The molecule has 0 bridgehead atoms. The first-order valence-electron chi connectivity index (χ1n) is 6.61. The Hall–Kier alpha value is -1.22. The van der Waals surface area contributed by atoms with Crippen LogP contribution >= 0.6 is 0 Å². The topological polar surface area (TPSA) is 30.5 Å². The van der Waals surface area contributed by atoms with E-state index >= 15 is 0 Å². The van der Waals surface area contributed by atoms with Gasteiger partial charge in [0.2, 0.25) is 0 Å². The van der Waals surface area contributed by atoms with Crippen molar-refractivity contribution in [3.63, 3.8) is 0 Å². The maximum atomic E-state index is 5.65. The van der Waals surface area contributed by atoms with Crippen LogP contribution in [0.4, 0.5) is 0 Å². The average Bonchev–Trinajstić information content (AvgIpc) is 2.41. The molecule has 0 radical (unpaired) electrons. The van der Waals surface area contributed by atoms with Gasteiger partial charge in [-0.15, -0.1) is 0 Å². The van der Waals surface area contributed by atoms with Gasteiger partial charge in [0.15, 0.2) is 0 Å². The minimum absolute atomic E-state index is 0.603. The van der Waals surface area contributed by atoms with Crippen molar-refractivity contribution in [2.45, 2.75) is 32.6 Å². The van der Waals surface area contributed by atoms with Crippen molar-refractivity contribution in [3.05, 3.63) is 22.8 Å². The second-order valence-electron chi connectivity index (χ2n) is 4.99. The van der Waals surface area contributed by atoms with Gasteiger partial charge in [0.05, 0.1) is 14.2 Å². The van der Waals surface area contributed by atoms with E-state index in [0.29, 0.717) is 5.92 Å². The minimum Gasteiger partial charge on any atom is -0.496 e. The molecule has 3 nitrogen and oxygen atoms in total. The van der Waals surface area contributed by atoms with Crippen molar-refractivity contribution in [1.82, 2.24) is 5.32 Å². The third kappa shape index (κ3) is 2.32. The number of nitrogens with one attached hydrogen (secondary N) is 1. The van der Waals surface area contributed by atoms with Crippen molar-refractivity contribution in [2.75, 3.05) is 27.3 Å². The Kier molecular flexibility index (Phi) is 4.12. The molecule has 0 amide bonds. The summed E-state index contributed by atoms with van der Waals surface area (Å²) in [6.45, 7) is 6.42. The van der Waals surface area contributed by atoms with Gasteiger partial charge in [0.1, 0.15) is 11.5 Å². The highest BCUT2D eigenvalue weighted by Gasteiger charge is 2.23. The summed E-state index contributed by atoms with van der Waals surface area (Å²) in [5.74, 6) is 2.53. The van der Waals surface area contributed by atoms with E-state index in [1.54, 1.807) is 14.2 Å². The molecule has 100 valence electrons. The van der Waals surface area contributed by atoms with Crippen LogP contribution in [0, 0.1) is 13.8 Å². The first-order valence-corrected chi connectivity index (χ1v) is 6.61. The molecular weight excluding hydrogens is 226 g/mol. The van der Waals surface area contributed by atoms with Crippen molar-refractivity contribution in [1.29, 1.82) is 0 Å². The zero-order valence-electron chi connectivity index (χ0n) is 11.8. The molecule has 2 rings (SSSR count). The Morgan fingerprint density at radius 1 is 1.11 bits per heavy atom. The molecule has 18 heavy (non-hydrogen) atoms. The molecule has 0 saturated carbocycles. The lowest BCUT2D eigenvalue weighted by atomic mass is 9.85. The third-order valence-electron chi connectivity index (χ3n) is 3.90. The quantitative estimate of drug-likeness (QED) is 0.893. The van der Waals surface area contributed by atoms with Gasteiger partial charge < -0.3 is 14.8 Å². The second-order valence-corrected chi connectivity index (χ2v) is 4.99. The smallest absolute Gasteiger partial charge is 0.129 e. The average molecular weight is 249 g/mol. The third-order valence-corrected chi connectivity index (χ3v) is 3.90. The van der Waals surface area contributed by atoms with Crippen molar-refractivity contribution >= 4 is 0 Å². The van der Waals surface area contributed by atoms with E-state index in [-0.39, 0.29) is 0 Å². The van der Waals surface area contributed by atoms with Crippen LogP contribution in [0.15, 0.2) is 6.07 Å². The zero-order valence-corrected chi connectivity index (χ0v) is 11.8. The van der Waals surface area contributed by atoms with Crippen LogP contribution in [-0.2, 0) is 0 Å². The Morgan fingerprint density at radius 3 is 2.33 bits per heavy atom. The fourth-order valence-corrected chi connectivity index (χ4v) is 2.97. The molecule has 0 unspecified atom stereocenters. The molecule has 1 saturated heterocycles. The number of piperidine rings is 1. The van der Waals surface area contributed by atoms with Crippen LogP contribution in [0.3, 0.4) is 0 Å². The normalized spacial score (nSPS) is 16.7. The van der Waals surface area contributed by atoms with Crippen molar-refractivity contribution in [3.8, 4) is 11.5 Å². The van der Waals surface area contributed by atoms with Gasteiger partial charge in [-0.1, -0.05) is 0 Å². The lowest BCUT2D eigenvalue weighted by Crippen LogP contribution is -2.27. The van der Waals surface area contributed by atoms with E-state index in [9.17, 15) is 0 Å². The molecule has 3 heteroatoms. The van der Waals surface area contributed by atoms with E-state index in [1.807, 2.05) is 0 Å². The van der Waals surface area contributed by atoms with Gasteiger partial charge in [-0.25, -0.2) is 0 Å². The van der Waals surface area contributed by atoms with Crippen LogP contribution in [-0.4, -0.2) is 27.3 Å². The Labute approximate surface area is 109 Å². The lowest BCUT2D eigenvalue weighted by molar-refractivity contribution is 0.373. The SMILES string of the molecule is COc1cc(C)c(C2CCNCC2)c(OC)c1C. The van der Waals surface area contributed by atoms with E-state index in [4.69, 9.17) is 9.47 Å². The molecular formula is C15H23NO2. The summed E-state index contributed by atoms with van der Waals surface area (Å²) in [6.07, 6.45) is 2.37. The fraction of sp³-hybridized carbons (Fsp3) is 0.600. The van der Waals surface area contributed by atoms with Gasteiger partial charge in [0.25, 0.3) is 0 Å². The first-order chi connectivity index (χ1) is 8.69. The number of hydrogen-bond acceptors (Lipinski definition) is 3. The Morgan fingerprint density at radius 2 is 1.78 bits per heavy atom. The van der Waals surface area contributed by atoms with Crippen molar-refractivity contribution in [2.24, 2.45) is 0 Å². The first kappa shape index (κ1) is 13.2. The summed E-state index contributed by atoms with van der Waals surface area (Å²) in [4.78, 5) is 0. The summed E-state index contributed by atoms with van der Waals surface area (Å²) >= 11 is 0. The molecule has 1 heterocycles. The number of rotatable bonds is 3. The molecule has 1 aliphatic rings. The fourth-order valence-electron chi connectivity index (χ4n) is 2.97. The largest absolute Gasteiger partial charge is 0.496 e. The molecule has 0 atom stereocenters. The maximum absolute atomic E-state index is 5.65. The Balaban J connectivity index is 2.47. The monoisotopic (exact) mass is 249 g/mol. The molecule has 0 aliphatic carbocycles. The predicted molar refractivity (Wildman–Crippen MR) is 73.9 cm³/mol. The van der Waals surface area contributed by atoms with Gasteiger partial charge in [-0.3, -0.25) is 0 Å². The highest BCUT2D eigenvalue weighted by molar-refractivity contribution is 5.54. The second kappa shape index (κ2) is 5.61.